The summed E-state index contributed by atoms with van der Waals surface area (Å²) in [6.45, 7) is 2.91. The molecule has 82 valence electrons. The molecular formula is C11H16BrN3. The van der Waals surface area contributed by atoms with Gasteiger partial charge in [0.05, 0.1) is 0 Å². The Kier molecular flexibility index (Phi) is 5.36. The van der Waals surface area contributed by atoms with Gasteiger partial charge in [0.1, 0.15) is 5.84 Å². The van der Waals surface area contributed by atoms with Gasteiger partial charge in [0.2, 0.25) is 0 Å². The van der Waals surface area contributed by atoms with Crippen molar-refractivity contribution in [1.82, 2.24) is 5.43 Å². The van der Waals surface area contributed by atoms with Crippen molar-refractivity contribution < 1.29 is 0 Å². The molecule has 0 saturated carbocycles. The monoisotopic (exact) mass is 269 g/mol. The fourth-order valence-electron chi connectivity index (χ4n) is 1.24. The molecule has 0 saturated heterocycles. The Hall–Kier alpha value is -0.870. The number of nitrogens with two attached hydrogens (primary N) is 1. The number of halogens is 1. The molecular weight excluding hydrogens is 254 g/mol. The summed E-state index contributed by atoms with van der Waals surface area (Å²) in [5.41, 5.74) is 3.83. The molecule has 1 rings (SSSR count). The van der Waals surface area contributed by atoms with E-state index in [4.69, 9.17) is 5.84 Å². The second-order valence-corrected chi connectivity index (χ2v) is 4.20. The van der Waals surface area contributed by atoms with E-state index in [2.05, 4.69) is 45.4 Å². The molecule has 0 aliphatic rings. The van der Waals surface area contributed by atoms with Crippen LogP contribution >= 0.6 is 15.9 Å². The van der Waals surface area contributed by atoms with E-state index in [1.165, 1.54) is 5.56 Å². The van der Waals surface area contributed by atoms with E-state index in [9.17, 15) is 0 Å². The minimum Gasteiger partial charge on any atom is -0.312 e. The van der Waals surface area contributed by atoms with Gasteiger partial charge in [-0.05, 0) is 24.1 Å². The third-order valence-electron chi connectivity index (χ3n) is 1.95. The zero-order chi connectivity index (χ0) is 11.1. The predicted octanol–water partition coefficient (Wildman–Crippen LogP) is 2.26. The first-order chi connectivity index (χ1) is 7.26. The van der Waals surface area contributed by atoms with Crippen molar-refractivity contribution in [2.75, 3.05) is 6.54 Å². The topological polar surface area (TPSA) is 50.4 Å². The van der Waals surface area contributed by atoms with Gasteiger partial charge < -0.3 is 5.43 Å². The number of nitrogens with one attached hydrogen (secondary N) is 1. The van der Waals surface area contributed by atoms with Crippen molar-refractivity contribution in [3.63, 3.8) is 0 Å². The van der Waals surface area contributed by atoms with Crippen LogP contribution < -0.4 is 11.3 Å². The zero-order valence-electron chi connectivity index (χ0n) is 8.83. The summed E-state index contributed by atoms with van der Waals surface area (Å²) in [4.78, 5) is 4.35. The average Bonchev–Trinajstić information content (AvgIpc) is 2.24. The fourth-order valence-corrected chi connectivity index (χ4v) is 1.69. The highest BCUT2D eigenvalue weighted by Crippen LogP contribution is 2.12. The van der Waals surface area contributed by atoms with Crippen LogP contribution in [0.15, 0.2) is 33.7 Å². The van der Waals surface area contributed by atoms with Crippen LogP contribution in [0.4, 0.5) is 0 Å². The summed E-state index contributed by atoms with van der Waals surface area (Å²) < 4.78 is 1.08. The minimum atomic E-state index is 0.746. The quantitative estimate of drug-likeness (QED) is 0.381. The maximum absolute atomic E-state index is 5.41. The molecule has 0 spiro atoms. The molecule has 1 aromatic carbocycles. The van der Waals surface area contributed by atoms with Crippen LogP contribution in [0.5, 0.6) is 0 Å². The van der Waals surface area contributed by atoms with E-state index in [1.807, 2.05) is 12.1 Å². The van der Waals surface area contributed by atoms with E-state index in [-0.39, 0.29) is 0 Å². The van der Waals surface area contributed by atoms with Gasteiger partial charge >= 0.3 is 0 Å². The molecule has 15 heavy (non-hydrogen) atoms. The molecule has 0 atom stereocenters. The highest BCUT2D eigenvalue weighted by Gasteiger charge is 1.99. The number of rotatable bonds is 4. The van der Waals surface area contributed by atoms with Crippen LogP contribution in [0, 0.1) is 0 Å². The molecule has 0 unspecified atom stereocenters. The Balaban J connectivity index is 2.66. The number of nitrogens with zero attached hydrogens (tertiary/aromatic N) is 1. The van der Waals surface area contributed by atoms with Crippen LogP contribution in [0.2, 0.25) is 0 Å². The highest BCUT2D eigenvalue weighted by molar-refractivity contribution is 9.10. The van der Waals surface area contributed by atoms with Crippen molar-refractivity contribution in [2.45, 2.75) is 19.8 Å². The lowest BCUT2D eigenvalue weighted by atomic mass is 10.1. The summed E-state index contributed by atoms with van der Waals surface area (Å²) in [6, 6.07) is 8.14. The third-order valence-corrected chi connectivity index (χ3v) is 2.45. The van der Waals surface area contributed by atoms with E-state index in [0.29, 0.717) is 0 Å². The van der Waals surface area contributed by atoms with Crippen LogP contribution in [-0.2, 0) is 6.42 Å². The average molecular weight is 270 g/mol. The second-order valence-electron chi connectivity index (χ2n) is 3.28. The fraction of sp³-hybridized carbons (Fsp3) is 0.364. The highest BCUT2D eigenvalue weighted by atomic mass is 79.9. The lowest BCUT2D eigenvalue weighted by Crippen LogP contribution is -2.32. The van der Waals surface area contributed by atoms with Gasteiger partial charge in [0.25, 0.3) is 0 Å². The van der Waals surface area contributed by atoms with Crippen molar-refractivity contribution in [3.05, 3.63) is 34.3 Å². The largest absolute Gasteiger partial charge is 0.312 e. The first-order valence-corrected chi connectivity index (χ1v) is 5.80. The first-order valence-electron chi connectivity index (χ1n) is 5.00. The molecule has 0 amide bonds. The summed E-state index contributed by atoms with van der Waals surface area (Å²) in [5.74, 6) is 6.24. The van der Waals surface area contributed by atoms with Crippen LogP contribution in [0.1, 0.15) is 18.9 Å². The van der Waals surface area contributed by atoms with E-state index >= 15 is 0 Å². The van der Waals surface area contributed by atoms with E-state index < -0.39 is 0 Å². The van der Waals surface area contributed by atoms with Crippen LogP contribution in [-0.4, -0.2) is 12.4 Å². The zero-order valence-corrected chi connectivity index (χ0v) is 10.4. The van der Waals surface area contributed by atoms with Gasteiger partial charge in [0, 0.05) is 17.4 Å². The van der Waals surface area contributed by atoms with Gasteiger partial charge in [-0.3, -0.25) is 4.99 Å². The van der Waals surface area contributed by atoms with Gasteiger partial charge in [-0.1, -0.05) is 35.0 Å². The number of aliphatic imine (C=N–C) groups is 1. The van der Waals surface area contributed by atoms with Crippen LogP contribution in [0.3, 0.4) is 0 Å². The Labute approximate surface area is 98.9 Å². The van der Waals surface area contributed by atoms with Gasteiger partial charge in [0.15, 0.2) is 0 Å². The summed E-state index contributed by atoms with van der Waals surface area (Å²) in [6.07, 6.45) is 1.78. The normalized spacial score (nSPS) is 11.5. The summed E-state index contributed by atoms with van der Waals surface area (Å²) in [5, 5.41) is 0. The number of hydrogen-bond donors (Lipinski definition) is 2. The molecule has 0 aromatic heterocycles. The Bertz CT molecular complexity index is 336. The van der Waals surface area contributed by atoms with Crippen LogP contribution in [0.25, 0.3) is 0 Å². The number of amidine groups is 1. The van der Waals surface area contributed by atoms with Gasteiger partial charge in [-0.25, -0.2) is 5.84 Å². The van der Waals surface area contributed by atoms with E-state index in [1.54, 1.807) is 0 Å². The maximum atomic E-state index is 5.41. The van der Waals surface area contributed by atoms with Gasteiger partial charge in [-0.2, -0.15) is 0 Å². The Morgan fingerprint density at radius 3 is 2.93 bits per heavy atom. The standard InChI is InChI=1S/C11H16BrN3/c1-2-6-14-11(15-13)8-9-4-3-5-10(12)7-9/h3-5,7H,2,6,8,13H2,1H3,(H,14,15). The first kappa shape index (κ1) is 12.2. The molecule has 3 N–H and O–H groups in total. The molecule has 0 aliphatic carbocycles. The predicted molar refractivity (Wildman–Crippen MR) is 67.8 cm³/mol. The maximum Gasteiger partial charge on any atom is 0.115 e. The lowest BCUT2D eigenvalue weighted by molar-refractivity contribution is 0.893. The SMILES string of the molecule is CCCN=C(Cc1cccc(Br)c1)NN. The molecule has 0 radical (unpaired) electrons. The Morgan fingerprint density at radius 1 is 1.53 bits per heavy atom. The smallest absolute Gasteiger partial charge is 0.115 e. The molecule has 0 bridgehead atoms. The third kappa shape index (κ3) is 4.44. The second kappa shape index (κ2) is 6.58. The number of benzene rings is 1. The van der Waals surface area contributed by atoms with Crippen molar-refractivity contribution in [3.8, 4) is 0 Å². The molecule has 0 fully saturated rings. The summed E-state index contributed by atoms with van der Waals surface area (Å²) >= 11 is 3.44. The van der Waals surface area contributed by atoms with Crippen molar-refractivity contribution >= 4 is 21.8 Å². The summed E-state index contributed by atoms with van der Waals surface area (Å²) in [7, 11) is 0. The van der Waals surface area contributed by atoms with E-state index in [0.717, 1.165) is 29.7 Å². The van der Waals surface area contributed by atoms with Crippen molar-refractivity contribution in [2.24, 2.45) is 10.8 Å². The van der Waals surface area contributed by atoms with Gasteiger partial charge in [-0.15, -0.1) is 0 Å². The number of hydrazine groups is 1. The van der Waals surface area contributed by atoms with Crippen molar-refractivity contribution in [1.29, 1.82) is 0 Å². The number of hydrogen-bond acceptors (Lipinski definition) is 2. The molecule has 0 aliphatic heterocycles. The molecule has 4 heteroatoms. The Morgan fingerprint density at radius 2 is 2.33 bits per heavy atom. The molecule has 0 heterocycles. The molecule has 1 aromatic rings. The minimum absolute atomic E-state index is 0.746. The molecule has 3 nitrogen and oxygen atoms in total. The lowest BCUT2D eigenvalue weighted by Gasteiger charge is -2.06.